The number of halogens is 2. The first-order chi connectivity index (χ1) is 9.13. The lowest BCUT2D eigenvalue weighted by Crippen LogP contribution is -2.22. The highest BCUT2D eigenvalue weighted by Crippen LogP contribution is 2.33. The van der Waals surface area contributed by atoms with Gasteiger partial charge in [-0.25, -0.2) is 0 Å². The van der Waals surface area contributed by atoms with E-state index in [1.54, 1.807) is 0 Å². The van der Waals surface area contributed by atoms with E-state index in [1.807, 2.05) is 37.4 Å². The summed E-state index contributed by atoms with van der Waals surface area (Å²) in [6.45, 7) is 4.93. The van der Waals surface area contributed by atoms with Crippen molar-refractivity contribution < 1.29 is 0 Å². The minimum Gasteiger partial charge on any atom is -0.306 e. The third kappa shape index (κ3) is 3.35. The van der Waals surface area contributed by atoms with E-state index in [0.717, 1.165) is 32.9 Å². The molecule has 1 atom stereocenters. The molecule has 1 heterocycles. The second-order valence-corrected chi connectivity index (χ2v) is 5.60. The van der Waals surface area contributed by atoms with Crippen molar-refractivity contribution in [1.82, 2.24) is 10.3 Å². The lowest BCUT2D eigenvalue weighted by molar-refractivity contribution is 0.628. The number of pyridine rings is 1. The largest absolute Gasteiger partial charge is 0.306 e. The Morgan fingerprint density at radius 1 is 1.32 bits per heavy atom. The van der Waals surface area contributed by atoms with Crippen molar-refractivity contribution in [3.05, 3.63) is 62.8 Å². The number of aryl methyl sites for hydroxylation is 1. The van der Waals surface area contributed by atoms with Gasteiger partial charge in [0.05, 0.1) is 11.1 Å². The van der Waals surface area contributed by atoms with E-state index in [2.05, 4.69) is 39.2 Å². The van der Waals surface area contributed by atoms with Gasteiger partial charge in [-0.2, -0.15) is 0 Å². The fourth-order valence-corrected chi connectivity index (χ4v) is 2.62. The van der Waals surface area contributed by atoms with Crippen molar-refractivity contribution in [3.63, 3.8) is 0 Å². The van der Waals surface area contributed by atoms with Crippen molar-refractivity contribution in [2.75, 3.05) is 6.54 Å². The first-order valence-corrected chi connectivity index (χ1v) is 7.40. The van der Waals surface area contributed by atoms with Crippen LogP contribution < -0.4 is 5.32 Å². The van der Waals surface area contributed by atoms with Crippen molar-refractivity contribution in [2.45, 2.75) is 19.9 Å². The lowest BCUT2D eigenvalue weighted by atomic mass is 10.00. The molecule has 0 fully saturated rings. The van der Waals surface area contributed by atoms with Gasteiger partial charge in [-0.15, -0.1) is 0 Å². The van der Waals surface area contributed by atoms with E-state index in [0.29, 0.717) is 0 Å². The van der Waals surface area contributed by atoms with Crippen LogP contribution in [0.15, 0.2) is 41.0 Å². The summed E-state index contributed by atoms with van der Waals surface area (Å²) in [7, 11) is 0. The van der Waals surface area contributed by atoms with E-state index in [-0.39, 0.29) is 6.04 Å². The van der Waals surface area contributed by atoms with Gasteiger partial charge in [-0.3, -0.25) is 4.98 Å². The van der Waals surface area contributed by atoms with Gasteiger partial charge in [0.1, 0.15) is 0 Å². The minimum absolute atomic E-state index is 0.0584. The maximum atomic E-state index is 6.40. The molecule has 0 aliphatic heterocycles. The molecule has 4 heteroatoms. The molecule has 19 heavy (non-hydrogen) atoms. The maximum absolute atomic E-state index is 6.40. The third-order valence-electron chi connectivity index (χ3n) is 2.97. The zero-order valence-corrected chi connectivity index (χ0v) is 13.3. The monoisotopic (exact) mass is 338 g/mol. The van der Waals surface area contributed by atoms with Crippen LogP contribution in [0.1, 0.15) is 29.8 Å². The zero-order valence-electron chi connectivity index (χ0n) is 11.0. The van der Waals surface area contributed by atoms with Crippen LogP contribution in [0.3, 0.4) is 0 Å². The molecule has 0 aliphatic rings. The van der Waals surface area contributed by atoms with Crippen molar-refractivity contribution in [1.29, 1.82) is 0 Å². The molecule has 2 aromatic rings. The number of benzene rings is 1. The number of rotatable bonds is 4. The highest BCUT2D eigenvalue weighted by Gasteiger charge is 2.17. The number of nitrogens with one attached hydrogen (secondary N) is 1. The Labute approximate surface area is 127 Å². The van der Waals surface area contributed by atoms with Gasteiger partial charge < -0.3 is 5.32 Å². The number of hydrogen-bond acceptors (Lipinski definition) is 2. The molecule has 0 bridgehead atoms. The van der Waals surface area contributed by atoms with Gasteiger partial charge in [-0.1, -0.05) is 36.7 Å². The normalized spacial score (nSPS) is 12.4. The Morgan fingerprint density at radius 2 is 2.11 bits per heavy atom. The summed E-state index contributed by atoms with van der Waals surface area (Å²) in [4.78, 5) is 4.37. The fraction of sp³-hybridized carbons (Fsp3) is 0.267. The predicted molar refractivity (Wildman–Crippen MR) is 83.6 cm³/mol. The number of hydrogen-bond donors (Lipinski definition) is 1. The van der Waals surface area contributed by atoms with Crippen LogP contribution in [0.25, 0.3) is 0 Å². The second-order valence-electron chi connectivity index (χ2n) is 4.37. The van der Waals surface area contributed by atoms with Crippen LogP contribution in [0, 0.1) is 6.92 Å². The summed E-state index contributed by atoms with van der Waals surface area (Å²) in [5.41, 5.74) is 3.19. The number of nitrogens with zero attached hydrogens (tertiary/aromatic N) is 1. The van der Waals surface area contributed by atoms with E-state index < -0.39 is 0 Å². The molecular weight excluding hydrogens is 324 g/mol. The topological polar surface area (TPSA) is 24.9 Å². The summed E-state index contributed by atoms with van der Waals surface area (Å²) in [5, 5.41) is 4.20. The summed E-state index contributed by atoms with van der Waals surface area (Å²) in [6, 6.07) is 10.2. The molecule has 1 aromatic carbocycles. The fourth-order valence-electron chi connectivity index (χ4n) is 2.00. The molecular formula is C15H16BrClN2. The Bertz CT molecular complexity index is 555. The third-order valence-corrected chi connectivity index (χ3v) is 4.28. The average molecular weight is 340 g/mol. The first-order valence-electron chi connectivity index (χ1n) is 6.23. The average Bonchev–Trinajstić information content (AvgIpc) is 2.41. The summed E-state index contributed by atoms with van der Waals surface area (Å²) >= 11 is 9.87. The van der Waals surface area contributed by atoms with Crippen LogP contribution in [-0.4, -0.2) is 11.5 Å². The SMILES string of the molecule is CCNC(c1ccc(C)nc1)c1cccc(Br)c1Cl. The van der Waals surface area contributed by atoms with Crippen molar-refractivity contribution in [2.24, 2.45) is 0 Å². The number of aromatic nitrogens is 1. The molecule has 0 radical (unpaired) electrons. The van der Waals surface area contributed by atoms with E-state index in [4.69, 9.17) is 11.6 Å². The zero-order chi connectivity index (χ0) is 13.8. The summed E-state index contributed by atoms with van der Waals surface area (Å²) in [5.74, 6) is 0. The molecule has 0 amide bonds. The summed E-state index contributed by atoms with van der Waals surface area (Å²) in [6.07, 6.45) is 1.90. The van der Waals surface area contributed by atoms with E-state index >= 15 is 0 Å². The highest BCUT2D eigenvalue weighted by molar-refractivity contribution is 9.10. The molecule has 100 valence electrons. The Hall–Kier alpha value is -0.900. The van der Waals surface area contributed by atoms with Gasteiger partial charge in [0, 0.05) is 16.4 Å². The van der Waals surface area contributed by atoms with Crippen LogP contribution in [0.2, 0.25) is 5.02 Å². The molecule has 0 spiro atoms. The van der Waals surface area contributed by atoms with Crippen LogP contribution >= 0.6 is 27.5 Å². The first kappa shape index (κ1) is 14.5. The van der Waals surface area contributed by atoms with Crippen molar-refractivity contribution >= 4 is 27.5 Å². The Balaban J connectivity index is 2.45. The maximum Gasteiger partial charge on any atom is 0.0607 e. The van der Waals surface area contributed by atoms with Gasteiger partial charge in [0.2, 0.25) is 0 Å². The molecule has 0 saturated heterocycles. The van der Waals surface area contributed by atoms with Gasteiger partial charge >= 0.3 is 0 Å². The van der Waals surface area contributed by atoms with E-state index in [1.165, 1.54) is 0 Å². The lowest BCUT2D eigenvalue weighted by Gasteiger charge is -2.20. The molecule has 1 unspecified atom stereocenters. The van der Waals surface area contributed by atoms with Crippen LogP contribution in [0.5, 0.6) is 0 Å². The molecule has 2 rings (SSSR count). The Kier molecular flexibility index (Phi) is 4.97. The van der Waals surface area contributed by atoms with Gasteiger partial charge in [0.15, 0.2) is 0 Å². The molecule has 1 N–H and O–H groups in total. The van der Waals surface area contributed by atoms with Gasteiger partial charge in [-0.05, 0) is 52.7 Å². The molecule has 1 aromatic heterocycles. The standard InChI is InChI=1S/C15H16BrClN2/c1-3-18-15(11-8-7-10(2)19-9-11)12-5-4-6-13(16)14(12)17/h4-9,15,18H,3H2,1-2H3. The second kappa shape index (κ2) is 6.51. The molecule has 0 saturated carbocycles. The van der Waals surface area contributed by atoms with Crippen LogP contribution in [0.4, 0.5) is 0 Å². The predicted octanol–water partition coefficient (Wildman–Crippen LogP) is 4.50. The molecule has 2 nitrogen and oxygen atoms in total. The minimum atomic E-state index is 0.0584. The smallest absolute Gasteiger partial charge is 0.0607 e. The van der Waals surface area contributed by atoms with E-state index in [9.17, 15) is 0 Å². The Morgan fingerprint density at radius 3 is 2.74 bits per heavy atom. The van der Waals surface area contributed by atoms with Crippen LogP contribution in [-0.2, 0) is 0 Å². The quantitative estimate of drug-likeness (QED) is 0.887. The highest BCUT2D eigenvalue weighted by atomic mass is 79.9. The van der Waals surface area contributed by atoms with Crippen molar-refractivity contribution in [3.8, 4) is 0 Å². The van der Waals surface area contributed by atoms with Gasteiger partial charge in [0.25, 0.3) is 0 Å². The molecule has 0 aliphatic carbocycles. The summed E-state index contributed by atoms with van der Waals surface area (Å²) < 4.78 is 0.912.